The number of phenols is 2. The van der Waals surface area contributed by atoms with Gasteiger partial charge in [0, 0.05) is 85.4 Å². The highest BCUT2D eigenvalue weighted by Gasteiger charge is 2.56. The standard InChI is InChI=1S/C67H91N5O12S2/c1-40(2)58-35-86-85-34-55-54-30-53-43-11-16-48(77)28-47(76)15-10-42-13-19-59(79)61(83-39-74)51(42)8-5-7-44(27-43)60(62(53)84-63(54)80)82-38-70-67(22-6-9-57(55)71-64(68)72-58)37-66(23-20-46(67)14-18-50(33-73)81-4)26-25-65(36-66)24-21-56(69-32-41(3)75)52-29-49(78)17-12-45(52)31-65/h12-13,17,19,27,29,40-41,46,48,50,54-58,63,69-70,73-75,77-80H,7,10-11,14-16,18,20-26,28,30-39H2,1-4H3,(H3,68,71,72). The van der Waals surface area contributed by atoms with Crippen molar-refractivity contribution in [1.82, 2.24) is 16.0 Å². The van der Waals surface area contributed by atoms with E-state index in [0.717, 1.165) is 86.7 Å². The van der Waals surface area contributed by atoms with Gasteiger partial charge in [-0.15, -0.1) is 0 Å². The van der Waals surface area contributed by atoms with Gasteiger partial charge in [-0.1, -0.05) is 77.3 Å². The Morgan fingerprint density at radius 2 is 1.70 bits per heavy atom. The number of benzene rings is 3. The molecular weight excluding hydrogens is 1130 g/mol. The Morgan fingerprint density at radius 3 is 2.49 bits per heavy atom. The van der Waals surface area contributed by atoms with E-state index in [0.29, 0.717) is 72.1 Å². The predicted molar refractivity (Wildman–Crippen MR) is 335 cm³/mol. The topological polar surface area (TPSA) is 270 Å². The maximum absolute atomic E-state index is 13.5. The molecule has 13 atom stereocenters. The highest BCUT2D eigenvalue weighted by molar-refractivity contribution is 8.76. The summed E-state index contributed by atoms with van der Waals surface area (Å²) in [5.74, 6) is 16.1. The molecule has 13 unspecified atom stereocenters. The van der Waals surface area contributed by atoms with E-state index in [-0.39, 0.29) is 115 Å². The molecule has 0 aromatic heterocycles. The summed E-state index contributed by atoms with van der Waals surface area (Å²) in [6.07, 6.45) is 8.91. The van der Waals surface area contributed by atoms with Crippen LogP contribution in [0, 0.1) is 58.2 Å². The van der Waals surface area contributed by atoms with Crippen molar-refractivity contribution >= 4 is 33.3 Å². The van der Waals surface area contributed by atoms with Crippen LogP contribution < -0.4 is 35.9 Å². The fraction of sp³-hybridized carbons (Fsp3) is 0.642. The maximum atomic E-state index is 13.5. The van der Waals surface area contributed by atoms with Crippen LogP contribution in [0.5, 0.6) is 28.7 Å². The minimum absolute atomic E-state index is 0.00286. The number of aryl methyl sites for hydroxylation is 2. The van der Waals surface area contributed by atoms with Crippen molar-refractivity contribution < 1.29 is 59.5 Å². The Morgan fingerprint density at radius 1 is 0.895 bits per heavy atom. The molecule has 6 bridgehead atoms. The number of nitrogens with one attached hydrogen (secondary N) is 3. The molecule has 19 heteroatoms. The van der Waals surface area contributed by atoms with Gasteiger partial charge in [-0.2, -0.15) is 0 Å². The van der Waals surface area contributed by atoms with Crippen LogP contribution in [0.25, 0.3) is 0 Å². The summed E-state index contributed by atoms with van der Waals surface area (Å²) in [6, 6.07) is 10.5. The number of guanidine groups is 1. The zero-order valence-electron chi connectivity index (χ0n) is 50.5. The first-order chi connectivity index (χ1) is 41.4. The average molecular weight is 1220 g/mol. The number of nitrogens with two attached hydrogens (primary N) is 1. The molecule has 86 heavy (non-hydrogen) atoms. The molecule has 2 fully saturated rings. The molecule has 2 saturated carbocycles. The van der Waals surface area contributed by atoms with E-state index < -0.39 is 42.8 Å². The summed E-state index contributed by atoms with van der Waals surface area (Å²) in [4.78, 5) is 18.6. The van der Waals surface area contributed by atoms with Crippen molar-refractivity contribution in [2.75, 3.05) is 45.3 Å². The van der Waals surface area contributed by atoms with E-state index in [4.69, 9.17) is 29.7 Å². The monoisotopic (exact) mass is 1220 g/mol. The Hall–Kier alpha value is -4.90. The maximum Gasteiger partial charge on any atom is 0.201 e. The second-order valence-electron chi connectivity index (χ2n) is 26.3. The van der Waals surface area contributed by atoms with Crippen LogP contribution in [0.3, 0.4) is 0 Å². The number of Topliss-reactive ketones (excluding diaryl/α,β-unsaturated/α-hetero) is 1. The van der Waals surface area contributed by atoms with Crippen molar-refractivity contribution in [2.24, 2.45) is 45.2 Å². The number of ketones is 1. The van der Waals surface area contributed by atoms with E-state index in [2.05, 4.69) is 65.6 Å². The van der Waals surface area contributed by atoms with Crippen LogP contribution in [-0.2, 0) is 41.6 Å². The number of hydrogen-bond acceptors (Lipinski definition) is 19. The summed E-state index contributed by atoms with van der Waals surface area (Å²) in [5.41, 5.74) is 12.0. The lowest BCUT2D eigenvalue weighted by Crippen LogP contribution is -2.58. The Balaban J connectivity index is 1.10. The second kappa shape index (κ2) is 28.3. The van der Waals surface area contributed by atoms with Crippen LogP contribution in [0.1, 0.15) is 156 Å². The van der Waals surface area contributed by atoms with Crippen molar-refractivity contribution in [3.8, 4) is 52.4 Å². The van der Waals surface area contributed by atoms with Crippen LogP contribution in [0.2, 0.25) is 0 Å². The molecule has 4 heterocycles. The SMILES string of the molecule is COC(CO)CCC1CCC2(CCC3(CCC(NCC(C)O)c4cc(O)ccc4C3)C2)CC12CC#CC1NC(N)=NC(C(C)C)CSSCC1C1Cc3c4cc(c(c3OC1O)OCN2)CC#Cc1c(ccc(O)c1OCO)CCC(=O)CC(O)CC4. The Bertz CT molecular complexity index is 3050. The van der Waals surface area contributed by atoms with E-state index in [9.17, 15) is 40.5 Å². The minimum Gasteiger partial charge on any atom is -0.508 e. The number of aliphatic hydroxyl groups excluding tert-OH is 5. The second-order valence-corrected chi connectivity index (χ2v) is 28.8. The van der Waals surface area contributed by atoms with E-state index >= 15 is 0 Å². The van der Waals surface area contributed by atoms with Gasteiger partial charge in [-0.25, -0.2) is 4.99 Å². The summed E-state index contributed by atoms with van der Waals surface area (Å²) >= 11 is 0. The quantitative estimate of drug-likeness (QED) is 0.0512. The lowest BCUT2D eigenvalue weighted by Gasteiger charge is -2.52. The summed E-state index contributed by atoms with van der Waals surface area (Å²) in [6.45, 7) is 5.78. The number of nitrogens with zero attached hydrogens (tertiary/aromatic N) is 1. The van der Waals surface area contributed by atoms with Gasteiger partial charge in [-0.3, -0.25) is 10.1 Å². The molecule has 11 rings (SSSR count). The fourth-order valence-electron chi connectivity index (χ4n) is 15.5. The average Bonchev–Trinajstić information content (AvgIpc) is 1.58. The molecule has 468 valence electrons. The van der Waals surface area contributed by atoms with Gasteiger partial charge in [0.05, 0.1) is 42.6 Å². The van der Waals surface area contributed by atoms with Gasteiger partial charge in [0.1, 0.15) is 18.3 Å². The first kappa shape index (κ1) is 64.1. The molecule has 3 aromatic carbocycles. The summed E-state index contributed by atoms with van der Waals surface area (Å²) < 4.78 is 25.5. The fourth-order valence-corrected chi connectivity index (χ4v) is 18.3. The van der Waals surface area contributed by atoms with Gasteiger partial charge in [0.2, 0.25) is 6.29 Å². The number of ether oxygens (including phenoxy) is 4. The molecule has 3 aromatic rings. The number of carbonyl (C=O) groups is 1. The molecule has 4 aliphatic heterocycles. The normalized spacial score (nSPS) is 31.2. The number of fused-ring (bicyclic) bond motifs is 8. The van der Waals surface area contributed by atoms with Crippen LogP contribution in [0.4, 0.5) is 0 Å². The van der Waals surface area contributed by atoms with E-state index in [1.165, 1.54) is 11.6 Å². The van der Waals surface area contributed by atoms with Crippen molar-refractivity contribution in [2.45, 2.75) is 191 Å². The van der Waals surface area contributed by atoms with Gasteiger partial charge >= 0.3 is 0 Å². The molecule has 0 saturated heterocycles. The summed E-state index contributed by atoms with van der Waals surface area (Å²) in [5, 5.41) is 88.1. The zero-order valence-corrected chi connectivity index (χ0v) is 52.1. The number of rotatable bonds is 11. The number of methoxy groups -OCH3 is 1. The number of carbonyl (C=O) groups excluding carboxylic acids is 1. The third-order valence-electron chi connectivity index (χ3n) is 20.1. The molecule has 12 N–H and O–H groups in total. The third-order valence-corrected chi connectivity index (χ3v) is 22.6. The first-order valence-corrected chi connectivity index (χ1v) is 33.8. The van der Waals surface area contributed by atoms with E-state index in [1.54, 1.807) is 47.8 Å². The van der Waals surface area contributed by atoms with Gasteiger partial charge in [0.15, 0.2) is 35.8 Å². The molecular formula is C67H91N5O12S2. The zero-order chi connectivity index (χ0) is 60.8. The summed E-state index contributed by atoms with van der Waals surface area (Å²) in [7, 11) is 5.14. The van der Waals surface area contributed by atoms with Crippen molar-refractivity contribution in [3.05, 3.63) is 75.3 Å². The van der Waals surface area contributed by atoms with Crippen LogP contribution in [-0.4, -0.2) is 135 Å². The number of hydrogen-bond donors (Lipinski definition) is 11. The van der Waals surface area contributed by atoms with Crippen molar-refractivity contribution in [1.29, 1.82) is 0 Å². The van der Waals surface area contributed by atoms with Gasteiger partial charge in [-0.05, 0) is 166 Å². The predicted octanol–water partition coefficient (Wildman–Crippen LogP) is 7.26. The number of aliphatic hydroxyl groups is 5. The molecule has 8 aliphatic rings. The Kier molecular flexibility index (Phi) is 21.1. The molecule has 4 aliphatic carbocycles. The molecule has 3 spiro atoms. The van der Waals surface area contributed by atoms with Crippen LogP contribution >= 0.6 is 21.6 Å². The largest absolute Gasteiger partial charge is 0.508 e. The number of aromatic hydroxyl groups is 2. The van der Waals surface area contributed by atoms with Crippen molar-refractivity contribution in [3.63, 3.8) is 0 Å². The smallest absolute Gasteiger partial charge is 0.201 e. The van der Waals surface area contributed by atoms with Gasteiger partial charge in [0.25, 0.3) is 0 Å². The first-order valence-electron chi connectivity index (χ1n) is 31.3. The minimum atomic E-state index is -1.29. The van der Waals surface area contributed by atoms with Gasteiger partial charge < -0.3 is 71.1 Å². The molecule has 17 nitrogen and oxygen atoms in total. The highest BCUT2D eigenvalue weighted by Crippen LogP contribution is 2.63. The molecule has 0 radical (unpaired) electrons. The van der Waals surface area contributed by atoms with E-state index in [1.807, 2.05) is 6.07 Å². The highest BCUT2D eigenvalue weighted by atomic mass is 33.1. The lowest BCUT2D eigenvalue weighted by molar-refractivity contribution is -0.121. The number of phenolic OH excluding ortho intramolecular Hbond substituents is 2. The number of aliphatic imine (C=N–C) groups is 1. The third kappa shape index (κ3) is 14.7. The Labute approximate surface area is 515 Å². The lowest BCUT2D eigenvalue weighted by atomic mass is 9.57. The molecule has 0 amide bonds. The van der Waals surface area contributed by atoms with Crippen LogP contribution in [0.15, 0.2) is 41.4 Å².